The van der Waals surface area contributed by atoms with Gasteiger partial charge in [0.05, 0.1) is 6.61 Å². The van der Waals surface area contributed by atoms with Crippen molar-refractivity contribution in [2.45, 2.75) is 6.92 Å². The van der Waals surface area contributed by atoms with Gasteiger partial charge in [0.25, 0.3) is 0 Å². The Kier molecular flexibility index (Phi) is 5.29. The largest absolute Gasteiger partial charge is 0.395 e. The molecule has 64 valence electrons. The van der Waals surface area contributed by atoms with E-state index in [4.69, 9.17) is 5.11 Å². The Balaban J connectivity index is 3.56. The topological polar surface area (TPSA) is 44.3 Å². The fraction of sp³-hybridized carbons (Fsp3) is 0.500. The molecule has 0 rings (SSSR count). The van der Waals surface area contributed by atoms with Gasteiger partial charge in [-0.3, -0.25) is 0 Å². The van der Waals surface area contributed by atoms with E-state index in [1.807, 2.05) is 6.92 Å². The fourth-order valence-corrected chi connectivity index (χ4v) is 0.634. The van der Waals surface area contributed by atoms with Gasteiger partial charge in [0, 0.05) is 24.5 Å². The summed E-state index contributed by atoms with van der Waals surface area (Å²) < 4.78 is 0. The molecule has 0 aromatic heterocycles. The summed E-state index contributed by atoms with van der Waals surface area (Å²) in [5, 5.41) is 14.4. The summed E-state index contributed by atoms with van der Waals surface area (Å²) in [6, 6.07) is 0. The Morgan fingerprint density at radius 3 is 2.27 bits per heavy atom. The summed E-state index contributed by atoms with van der Waals surface area (Å²) in [6.45, 7) is 10.9. The highest BCUT2D eigenvalue weighted by atomic mass is 16.3. The monoisotopic (exact) mass is 156 g/mol. The van der Waals surface area contributed by atoms with Crippen molar-refractivity contribution < 1.29 is 5.11 Å². The molecule has 0 atom stereocenters. The third-order valence-corrected chi connectivity index (χ3v) is 1.20. The van der Waals surface area contributed by atoms with Gasteiger partial charge in [-0.15, -0.1) is 0 Å². The first kappa shape index (κ1) is 10.0. The van der Waals surface area contributed by atoms with Gasteiger partial charge >= 0.3 is 0 Å². The zero-order valence-corrected chi connectivity index (χ0v) is 6.98. The maximum absolute atomic E-state index is 8.47. The molecule has 0 aliphatic rings. The Morgan fingerprint density at radius 1 is 1.27 bits per heavy atom. The van der Waals surface area contributed by atoms with Crippen LogP contribution in [-0.4, -0.2) is 24.8 Å². The summed E-state index contributed by atoms with van der Waals surface area (Å²) in [6.07, 6.45) is 0. The maximum atomic E-state index is 8.47. The van der Waals surface area contributed by atoms with Gasteiger partial charge in [0.1, 0.15) is 0 Å². The van der Waals surface area contributed by atoms with Crippen LogP contribution in [0.5, 0.6) is 0 Å². The molecule has 0 heterocycles. The minimum Gasteiger partial charge on any atom is -0.395 e. The van der Waals surface area contributed by atoms with E-state index in [-0.39, 0.29) is 6.61 Å². The average molecular weight is 156 g/mol. The molecule has 0 bridgehead atoms. The molecule has 11 heavy (non-hydrogen) atoms. The summed E-state index contributed by atoms with van der Waals surface area (Å²) in [5.41, 5.74) is 1.52. The Labute approximate surface area is 67.8 Å². The number of hydrogen-bond acceptors (Lipinski definition) is 3. The highest BCUT2D eigenvalue weighted by molar-refractivity contribution is 5.21. The van der Waals surface area contributed by atoms with Crippen LogP contribution in [0.3, 0.4) is 0 Å². The number of rotatable bonds is 6. The van der Waals surface area contributed by atoms with Crippen LogP contribution in [0.2, 0.25) is 0 Å². The first-order valence-corrected chi connectivity index (χ1v) is 3.69. The highest BCUT2D eigenvalue weighted by Gasteiger charge is 1.95. The minimum atomic E-state index is 0.110. The lowest BCUT2D eigenvalue weighted by atomic mass is 10.3. The maximum Gasteiger partial charge on any atom is 0.0604 e. The average Bonchev–Trinajstić information content (AvgIpc) is 2.00. The molecule has 3 heteroatoms. The normalized spacial score (nSPS) is 8.91. The van der Waals surface area contributed by atoms with E-state index in [1.54, 1.807) is 0 Å². The molecule has 0 aliphatic carbocycles. The smallest absolute Gasteiger partial charge is 0.0604 e. The van der Waals surface area contributed by atoms with E-state index in [1.165, 1.54) is 0 Å². The van der Waals surface area contributed by atoms with Crippen molar-refractivity contribution in [3.05, 3.63) is 24.6 Å². The molecule has 0 unspecified atom stereocenters. The molecule has 0 spiro atoms. The van der Waals surface area contributed by atoms with Gasteiger partial charge in [-0.2, -0.15) is 0 Å². The molecule has 0 aromatic carbocycles. The van der Waals surface area contributed by atoms with Crippen molar-refractivity contribution >= 4 is 0 Å². The zero-order valence-electron chi connectivity index (χ0n) is 6.98. The van der Waals surface area contributed by atoms with Crippen LogP contribution in [0, 0.1) is 0 Å². The molecular weight excluding hydrogens is 140 g/mol. The van der Waals surface area contributed by atoms with Gasteiger partial charge < -0.3 is 15.7 Å². The Hall–Kier alpha value is -0.960. The van der Waals surface area contributed by atoms with Gasteiger partial charge in [-0.1, -0.05) is 13.2 Å². The molecule has 0 fully saturated rings. The molecule has 0 amide bonds. The number of aliphatic hydroxyl groups is 1. The third kappa shape index (κ3) is 4.44. The molecule has 3 nitrogen and oxygen atoms in total. The number of hydrogen-bond donors (Lipinski definition) is 3. The van der Waals surface area contributed by atoms with E-state index < -0.39 is 0 Å². The first-order chi connectivity index (χ1) is 5.22. The Morgan fingerprint density at radius 2 is 1.82 bits per heavy atom. The van der Waals surface area contributed by atoms with Crippen LogP contribution >= 0.6 is 0 Å². The lowest BCUT2D eigenvalue weighted by Gasteiger charge is -2.11. The Bertz CT molecular complexity index is 143. The molecule has 0 saturated heterocycles. The molecule has 0 aromatic rings. The summed E-state index contributed by atoms with van der Waals surface area (Å²) in [4.78, 5) is 0. The predicted molar refractivity (Wildman–Crippen MR) is 47.0 cm³/mol. The number of aliphatic hydroxyl groups excluding tert-OH is 1. The quantitative estimate of drug-likeness (QED) is 0.481. The molecule has 3 N–H and O–H groups in total. The summed E-state index contributed by atoms with van der Waals surface area (Å²) in [5.74, 6) is 0. The highest BCUT2D eigenvalue weighted by Crippen LogP contribution is 1.94. The second-order valence-corrected chi connectivity index (χ2v) is 2.14. The number of likely N-dealkylation sites (N-methyl/N-ethyl adjacent to an activating group) is 1. The fourth-order valence-electron chi connectivity index (χ4n) is 0.634. The van der Waals surface area contributed by atoms with Gasteiger partial charge in [0.2, 0.25) is 0 Å². The van der Waals surface area contributed by atoms with E-state index in [2.05, 4.69) is 23.8 Å². The van der Waals surface area contributed by atoms with Crippen molar-refractivity contribution in [3.8, 4) is 0 Å². The zero-order chi connectivity index (χ0) is 8.69. The van der Waals surface area contributed by atoms with Crippen molar-refractivity contribution in [2.24, 2.45) is 0 Å². The van der Waals surface area contributed by atoms with Crippen LogP contribution in [0.25, 0.3) is 0 Å². The van der Waals surface area contributed by atoms with Crippen LogP contribution in [0.1, 0.15) is 6.92 Å². The summed E-state index contributed by atoms with van der Waals surface area (Å²) in [7, 11) is 0. The van der Waals surface area contributed by atoms with Crippen LogP contribution < -0.4 is 10.6 Å². The molecular formula is C8H16N2O. The van der Waals surface area contributed by atoms with Crippen LogP contribution in [0.4, 0.5) is 0 Å². The van der Waals surface area contributed by atoms with Gasteiger partial charge in [0.15, 0.2) is 0 Å². The van der Waals surface area contributed by atoms with E-state index in [0.717, 1.165) is 17.9 Å². The minimum absolute atomic E-state index is 0.110. The van der Waals surface area contributed by atoms with Crippen molar-refractivity contribution in [3.63, 3.8) is 0 Å². The molecule has 0 saturated carbocycles. The second-order valence-electron chi connectivity index (χ2n) is 2.14. The summed E-state index contributed by atoms with van der Waals surface area (Å²) >= 11 is 0. The molecule has 0 radical (unpaired) electrons. The van der Waals surface area contributed by atoms with E-state index in [0.29, 0.717) is 6.54 Å². The SMILES string of the molecule is C=C(NCC)C(=C)NCCO. The van der Waals surface area contributed by atoms with E-state index >= 15 is 0 Å². The van der Waals surface area contributed by atoms with Crippen LogP contribution in [0.15, 0.2) is 24.6 Å². The van der Waals surface area contributed by atoms with Crippen molar-refractivity contribution in [1.29, 1.82) is 0 Å². The first-order valence-electron chi connectivity index (χ1n) is 3.69. The van der Waals surface area contributed by atoms with Crippen LogP contribution in [-0.2, 0) is 0 Å². The van der Waals surface area contributed by atoms with Gasteiger partial charge in [-0.25, -0.2) is 0 Å². The standard InChI is InChI=1S/C8H16N2O/c1-4-9-7(2)8(3)10-5-6-11/h9-11H,2-6H2,1H3. The third-order valence-electron chi connectivity index (χ3n) is 1.20. The predicted octanol–water partition coefficient (Wildman–Crippen LogP) is 0.205. The lowest BCUT2D eigenvalue weighted by molar-refractivity contribution is 0.297. The lowest BCUT2D eigenvalue weighted by Crippen LogP contribution is -2.23. The van der Waals surface area contributed by atoms with Crippen molar-refractivity contribution in [1.82, 2.24) is 10.6 Å². The van der Waals surface area contributed by atoms with Gasteiger partial charge in [-0.05, 0) is 6.92 Å². The molecule has 0 aliphatic heterocycles. The second kappa shape index (κ2) is 5.80. The van der Waals surface area contributed by atoms with E-state index in [9.17, 15) is 0 Å². The number of nitrogens with one attached hydrogen (secondary N) is 2. The van der Waals surface area contributed by atoms with Crippen molar-refractivity contribution in [2.75, 3.05) is 19.7 Å².